The Bertz CT molecular complexity index is 817. The number of thioether (sulfide) groups is 1. The van der Waals surface area contributed by atoms with E-state index in [-0.39, 0.29) is 11.7 Å². The molecule has 0 aliphatic heterocycles. The van der Waals surface area contributed by atoms with Crippen LogP contribution in [0.1, 0.15) is 10.4 Å². The zero-order chi connectivity index (χ0) is 14.8. The van der Waals surface area contributed by atoms with Gasteiger partial charge in [-0.1, -0.05) is 11.8 Å². The summed E-state index contributed by atoms with van der Waals surface area (Å²) in [6.07, 6.45) is 4.67. The molecule has 0 unspecified atom stereocenters. The van der Waals surface area contributed by atoms with Gasteiger partial charge in [-0.05, 0) is 30.5 Å². The molecule has 1 amide bonds. The highest BCUT2D eigenvalue weighted by Crippen LogP contribution is 2.30. The van der Waals surface area contributed by atoms with Crippen molar-refractivity contribution >= 4 is 44.9 Å². The van der Waals surface area contributed by atoms with Crippen LogP contribution in [0.3, 0.4) is 0 Å². The Morgan fingerprint density at radius 3 is 2.95 bits per heavy atom. The lowest BCUT2D eigenvalue weighted by atomic mass is 10.2. The number of pyridine rings is 1. The molecule has 5 nitrogen and oxygen atoms in total. The quantitative estimate of drug-likeness (QED) is 0.724. The summed E-state index contributed by atoms with van der Waals surface area (Å²) in [6, 6.07) is 6.95. The zero-order valence-electron chi connectivity index (χ0n) is 11.0. The van der Waals surface area contributed by atoms with Crippen molar-refractivity contribution in [2.45, 2.75) is 4.34 Å². The molecule has 21 heavy (non-hydrogen) atoms. The van der Waals surface area contributed by atoms with E-state index >= 15 is 0 Å². The van der Waals surface area contributed by atoms with Gasteiger partial charge >= 0.3 is 0 Å². The highest BCUT2D eigenvalue weighted by molar-refractivity contribution is 8.00. The molecule has 3 aromatic rings. The van der Waals surface area contributed by atoms with Crippen LogP contribution < -0.4 is 5.32 Å². The number of rotatable bonds is 3. The van der Waals surface area contributed by atoms with Gasteiger partial charge in [-0.15, -0.1) is 11.3 Å². The summed E-state index contributed by atoms with van der Waals surface area (Å²) in [4.78, 5) is 20.3. The molecule has 7 heteroatoms. The van der Waals surface area contributed by atoms with Gasteiger partial charge in [-0.3, -0.25) is 9.78 Å². The molecule has 0 saturated carbocycles. The first-order valence-corrected chi connectivity index (χ1v) is 8.10. The molecule has 2 heterocycles. The Balaban J connectivity index is 1.85. The Kier molecular flexibility index (Phi) is 3.76. The molecule has 0 fully saturated rings. The zero-order valence-corrected chi connectivity index (χ0v) is 12.7. The van der Waals surface area contributed by atoms with Gasteiger partial charge in [0.1, 0.15) is 5.75 Å². The summed E-state index contributed by atoms with van der Waals surface area (Å²) < 4.78 is 2.01. The fourth-order valence-corrected chi connectivity index (χ4v) is 3.35. The molecule has 0 spiro atoms. The van der Waals surface area contributed by atoms with Gasteiger partial charge < -0.3 is 10.4 Å². The minimum atomic E-state index is -0.313. The van der Waals surface area contributed by atoms with Crippen molar-refractivity contribution in [2.24, 2.45) is 0 Å². The van der Waals surface area contributed by atoms with Gasteiger partial charge in [0.05, 0.1) is 22.0 Å². The minimum absolute atomic E-state index is 0.0369. The van der Waals surface area contributed by atoms with Gasteiger partial charge in [0.25, 0.3) is 5.91 Å². The number of aromatic hydroxyl groups is 1. The van der Waals surface area contributed by atoms with Crippen molar-refractivity contribution in [3.63, 3.8) is 0 Å². The lowest BCUT2D eigenvalue weighted by molar-refractivity contribution is 0.102. The van der Waals surface area contributed by atoms with Crippen LogP contribution in [0.25, 0.3) is 10.2 Å². The maximum absolute atomic E-state index is 12.1. The predicted octanol–water partition coefficient (Wildman–Crippen LogP) is 3.37. The average molecular weight is 317 g/mol. The number of benzene rings is 1. The topological polar surface area (TPSA) is 75.1 Å². The third-order valence-corrected chi connectivity index (χ3v) is 4.79. The molecular formula is C14H11N3O2S2. The standard InChI is InChI=1S/C14H11N3O2S2/c1-20-14-17-11-3-2-9(5-12(11)21-14)16-13(19)8-4-10(18)7-15-6-8/h2-7,18H,1H3,(H,16,19). The molecule has 0 atom stereocenters. The van der Waals surface area contributed by atoms with E-state index in [1.165, 1.54) is 18.5 Å². The second kappa shape index (κ2) is 5.71. The van der Waals surface area contributed by atoms with Crippen LogP contribution in [0.15, 0.2) is 41.0 Å². The first-order chi connectivity index (χ1) is 10.2. The third-order valence-electron chi connectivity index (χ3n) is 2.79. The number of nitrogens with zero attached hydrogens (tertiary/aromatic N) is 2. The first-order valence-electron chi connectivity index (χ1n) is 6.05. The molecule has 2 N–H and O–H groups in total. The molecular weight excluding hydrogens is 306 g/mol. The highest BCUT2D eigenvalue weighted by Gasteiger charge is 2.09. The maximum Gasteiger partial charge on any atom is 0.257 e. The molecule has 0 radical (unpaired) electrons. The van der Waals surface area contributed by atoms with E-state index in [0.29, 0.717) is 11.3 Å². The normalized spacial score (nSPS) is 10.7. The Hall–Kier alpha value is -2.12. The van der Waals surface area contributed by atoms with E-state index < -0.39 is 0 Å². The Morgan fingerprint density at radius 1 is 1.33 bits per heavy atom. The molecule has 3 rings (SSSR count). The van der Waals surface area contributed by atoms with Gasteiger partial charge in [0.15, 0.2) is 4.34 Å². The summed E-state index contributed by atoms with van der Waals surface area (Å²) in [5.41, 5.74) is 1.91. The largest absolute Gasteiger partial charge is 0.506 e. The fourth-order valence-electron chi connectivity index (χ4n) is 1.82. The van der Waals surface area contributed by atoms with Crippen LogP contribution in [0.5, 0.6) is 5.75 Å². The number of anilines is 1. The van der Waals surface area contributed by atoms with Gasteiger partial charge in [-0.25, -0.2) is 4.98 Å². The molecule has 106 valence electrons. The van der Waals surface area contributed by atoms with Crippen molar-refractivity contribution in [3.8, 4) is 5.75 Å². The number of fused-ring (bicyclic) bond motifs is 1. The van der Waals surface area contributed by atoms with Crippen molar-refractivity contribution in [3.05, 3.63) is 42.2 Å². The SMILES string of the molecule is CSc1nc2ccc(NC(=O)c3cncc(O)c3)cc2s1. The van der Waals surface area contributed by atoms with E-state index in [9.17, 15) is 9.90 Å². The highest BCUT2D eigenvalue weighted by atomic mass is 32.2. The fraction of sp³-hybridized carbons (Fsp3) is 0.0714. The molecule has 0 saturated heterocycles. The van der Waals surface area contributed by atoms with E-state index in [2.05, 4.69) is 15.3 Å². The van der Waals surface area contributed by atoms with Gasteiger partial charge in [0.2, 0.25) is 0 Å². The number of nitrogens with one attached hydrogen (secondary N) is 1. The van der Waals surface area contributed by atoms with Crippen LogP contribution in [0.4, 0.5) is 5.69 Å². The van der Waals surface area contributed by atoms with Crippen molar-refractivity contribution in [1.82, 2.24) is 9.97 Å². The Morgan fingerprint density at radius 2 is 2.19 bits per heavy atom. The summed E-state index contributed by atoms with van der Waals surface area (Å²) in [7, 11) is 0. The van der Waals surface area contributed by atoms with E-state index in [1.807, 2.05) is 18.4 Å². The lowest BCUT2D eigenvalue weighted by Crippen LogP contribution is -2.11. The lowest BCUT2D eigenvalue weighted by Gasteiger charge is -2.05. The first kappa shape index (κ1) is 13.8. The van der Waals surface area contributed by atoms with Crippen LogP contribution in [0.2, 0.25) is 0 Å². The minimum Gasteiger partial charge on any atom is -0.506 e. The number of hydrogen-bond donors (Lipinski definition) is 2. The van der Waals surface area contributed by atoms with Gasteiger partial charge in [-0.2, -0.15) is 0 Å². The summed E-state index contributed by atoms with van der Waals surface area (Å²) in [6.45, 7) is 0. The number of carbonyl (C=O) groups excluding carboxylic acids is 1. The predicted molar refractivity (Wildman–Crippen MR) is 85.3 cm³/mol. The molecule has 0 bridgehead atoms. The van der Waals surface area contributed by atoms with Crippen LogP contribution in [-0.4, -0.2) is 27.2 Å². The monoisotopic (exact) mass is 317 g/mol. The van der Waals surface area contributed by atoms with Crippen LogP contribution >= 0.6 is 23.1 Å². The Labute approximate surface area is 129 Å². The number of aromatic nitrogens is 2. The summed E-state index contributed by atoms with van der Waals surface area (Å²) in [5, 5.41) is 12.1. The summed E-state index contributed by atoms with van der Waals surface area (Å²) >= 11 is 3.18. The maximum atomic E-state index is 12.1. The smallest absolute Gasteiger partial charge is 0.257 e. The van der Waals surface area contributed by atoms with Crippen molar-refractivity contribution in [2.75, 3.05) is 11.6 Å². The molecule has 2 aromatic heterocycles. The number of carbonyl (C=O) groups is 1. The number of amides is 1. The third kappa shape index (κ3) is 2.98. The van der Waals surface area contributed by atoms with Crippen molar-refractivity contribution in [1.29, 1.82) is 0 Å². The van der Waals surface area contributed by atoms with Gasteiger partial charge in [0, 0.05) is 11.9 Å². The van der Waals surface area contributed by atoms with E-state index in [1.54, 1.807) is 29.2 Å². The molecule has 0 aliphatic carbocycles. The summed E-state index contributed by atoms with van der Waals surface area (Å²) in [5.74, 6) is -0.350. The van der Waals surface area contributed by atoms with E-state index in [0.717, 1.165) is 14.6 Å². The average Bonchev–Trinajstić information content (AvgIpc) is 2.89. The van der Waals surface area contributed by atoms with Crippen LogP contribution in [-0.2, 0) is 0 Å². The molecule has 0 aliphatic rings. The second-order valence-electron chi connectivity index (χ2n) is 4.25. The number of thiazole rings is 1. The van der Waals surface area contributed by atoms with Crippen molar-refractivity contribution < 1.29 is 9.90 Å². The molecule has 1 aromatic carbocycles. The van der Waals surface area contributed by atoms with Crippen LogP contribution in [0, 0.1) is 0 Å². The van der Waals surface area contributed by atoms with E-state index in [4.69, 9.17) is 0 Å². The second-order valence-corrected chi connectivity index (χ2v) is 6.34. The number of hydrogen-bond acceptors (Lipinski definition) is 6.